The molecule has 0 aliphatic carbocycles. The van der Waals surface area contributed by atoms with Gasteiger partial charge in [0.2, 0.25) is 0 Å². The maximum atomic E-state index is 11.9. The number of hydrogen-bond donors (Lipinski definition) is 0. The van der Waals surface area contributed by atoms with E-state index in [-0.39, 0.29) is 5.78 Å². The number of allylic oxidation sites excluding steroid dienone is 1. The van der Waals surface area contributed by atoms with Crippen LogP contribution in [0.25, 0.3) is 12.3 Å². The van der Waals surface area contributed by atoms with Crippen LogP contribution < -0.4 is 0 Å². The number of nitrogens with zero attached hydrogens (tertiary/aromatic N) is 1. The lowest BCUT2D eigenvalue weighted by molar-refractivity contribution is 0.104. The monoisotopic (exact) mass is 237 g/mol. The van der Waals surface area contributed by atoms with Crippen LogP contribution in [0.5, 0.6) is 0 Å². The van der Waals surface area contributed by atoms with Gasteiger partial charge >= 0.3 is 0 Å². The summed E-state index contributed by atoms with van der Waals surface area (Å²) in [4.78, 5) is 11.9. The average molecular weight is 237 g/mol. The Morgan fingerprint density at radius 2 is 1.89 bits per heavy atom. The topological polar surface area (TPSA) is 22.0 Å². The van der Waals surface area contributed by atoms with Crippen molar-refractivity contribution in [2.75, 3.05) is 0 Å². The van der Waals surface area contributed by atoms with Gasteiger partial charge in [0.05, 0.1) is 0 Å². The molecule has 0 bridgehead atoms. The Hall–Kier alpha value is -2.35. The third-order valence-corrected chi connectivity index (χ3v) is 2.80. The molecule has 0 aliphatic rings. The van der Waals surface area contributed by atoms with Crippen molar-refractivity contribution in [1.29, 1.82) is 0 Å². The molecule has 0 aliphatic heterocycles. The summed E-state index contributed by atoms with van der Waals surface area (Å²) in [7, 11) is 0. The number of rotatable bonds is 4. The second kappa shape index (κ2) is 5.32. The molecular formula is C16H15NO. The van der Waals surface area contributed by atoms with E-state index >= 15 is 0 Å². The minimum atomic E-state index is 0.00469. The van der Waals surface area contributed by atoms with E-state index < -0.39 is 0 Å². The molecule has 0 fully saturated rings. The number of carbonyl (C=O) groups is 1. The van der Waals surface area contributed by atoms with E-state index in [0.717, 1.165) is 11.4 Å². The van der Waals surface area contributed by atoms with Gasteiger partial charge in [-0.2, -0.15) is 0 Å². The summed E-state index contributed by atoms with van der Waals surface area (Å²) in [6.45, 7) is 5.75. The summed E-state index contributed by atoms with van der Waals surface area (Å²) in [6.07, 6.45) is 5.14. The highest BCUT2D eigenvalue weighted by Crippen LogP contribution is 2.11. The summed E-state index contributed by atoms with van der Waals surface area (Å²) in [5, 5.41) is 0. The highest BCUT2D eigenvalue weighted by Gasteiger charge is 2.02. The molecule has 0 amide bonds. The number of aryl methyl sites for hydroxylation is 1. The van der Waals surface area contributed by atoms with Gasteiger partial charge in [0.15, 0.2) is 5.78 Å². The fraction of sp³-hybridized carbons (Fsp3) is 0.0625. The smallest absolute Gasteiger partial charge is 0.185 e. The molecule has 1 heterocycles. The van der Waals surface area contributed by atoms with E-state index in [2.05, 4.69) is 6.58 Å². The van der Waals surface area contributed by atoms with Gasteiger partial charge in [0, 0.05) is 23.2 Å². The molecule has 0 unspecified atom stereocenters. The maximum absolute atomic E-state index is 11.9. The molecule has 1 aromatic carbocycles. The van der Waals surface area contributed by atoms with Crippen molar-refractivity contribution in [3.63, 3.8) is 0 Å². The van der Waals surface area contributed by atoms with Gasteiger partial charge in [-0.25, -0.2) is 0 Å². The number of benzene rings is 1. The van der Waals surface area contributed by atoms with Gasteiger partial charge in [-0.05, 0) is 31.2 Å². The third kappa shape index (κ3) is 2.48. The zero-order chi connectivity index (χ0) is 13.0. The normalized spacial score (nSPS) is 10.7. The summed E-state index contributed by atoms with van der Waals surface area (Å²) in [6, 6.07) is 13.2. The lowest BCUT2D eigenvalue weighted by Gasteiger charge is -2.01. The number of ketones is 1. The predicted octanol–water partition coefficient (Wildman–Crippen LogP) is 3.79. The Morgan fingerprint density at radius 3 is 2.56 bits per heavy atom. The number of hydrogen-bond acceptors (Lipinski definition) is 1. The molecule has 1 aromatic heterocycles. The van der Waals surface area contributed by atoms with E-state index in [9.17, 15) is 4.79 Å². The van der Waals surface area contributed by atoms with E-state index in [1.165, 1.54) is 0 Å². The summed E-state index contributed by atoms with van der Waals surface area (Å²) in [5.41, 5.74) is 2.74. The summed E-state index contributed by atoms with van der Waals surface area (Å²) >= 11 is 0. The minimum absolute atomic E-state index is 0.00469. The first-order valence-electron chi connectivity index (χ1n) is 5.80. The van der Waals surface area contributed by atoms with Gasteiger partial charge in [-0.1, -0.05) is 36.9 Å². The molecule has 18 heavy (non-hydrogen) atoms. The predicted molar refractivity (Wildman–Crippen MR) is 75.4 cm³/mol. The molecule has 0 radical (unpaired) electrons. The Bertz CT molecular complexity index is 591. The molecule has 2 aromatic rings. The van der Waals surface area contributed by atoms with Crippen LogP contribution in [0.2, 0.25) is 0 Å². The van der Waals surface area contributed by atoms with Crippen LogP contribution >= 0.6 is 0 Å². The van der Waals surface area contributed by atoms with Gasteiger partial charge in [0.25, 0.3) is 0 Å². The molecule has 2 rings (SSSR count). The molecular weight excluding hydrogens is 222 g/mol. The van der Waals surface area contributed by atoms with Crippen molar-refractivity contribution in [2.24, 2.45) is 0 Å². The minimum Gasteiger partial charge on any atom is -0.322 e. The van der Waals surface area contributed by atoms with E-state index in [1.807, 2.05) is 60.0 Å². The molecule has 2 heteroatoms. The SMILES string of the molecule is C=Cn1c(C)ccc1C=CC(=O)c1ccccc1. The van der Waals surface area contributed by atoms with Crippen LogP contribution in [0, 0.1) is 6.92 Å². The Kier molecular flexibility index (Phi) is 3.58. The zero-order valence-corrected chi connectivity index (χ0v) is 10.3. The van der Waals surface area contributed by atoms with E-state index in [0.29, 0.717) is 5.56 Å². The quantitative estimate of drug-likeness (QED) is 0.585. The largest absolute Gasteiger partial charge is 0.322 e. The molecule has 0 N–H and O–H groups in total. The Morgan fingerprint density at radius 1 is 1.17 bits per heavy atom. The van der Waals surface area contributed by atoms with Crippen LogP contribution in [0.3, 0.4) is 0 Å². The van der Waals surface area contributed by atoms with Crippen LogP contribution in [0.1, 0.15) is 21.7 Å². The van der Waals surface area contributed by atoms with Crippen LogP contribution in [0.4, 0.5) is 0 Å². The van der Waals surface area contributed by atoms with Gasteiger partial charge in [0.1, 0.15) is 0 Å². The molecule has 0 spiro atoms. The van der Waals surface area contributed by atoms with Crippen molar-refractivity contribution in [3.8, 4) is 0 Å². The first kappa shape index (κ1) is 12.1. The van der Waals surface area contributed by atoms with Crippen molar-refractivity contribution in [1.82, 2.24) is 4.57 Å². The van der Waals surface area contributed by atoms with Gasteiger partial charge in [-0.3, -0.25) is 4.79 Å². The van der Waals surface area contributed by atoms with Crippen LogP contribution in [-0.4, -0.2) is 10.4 Å². The second-order valence-electron chi connectivity index (χ2n) is 4.02. The summed E-state index contributed by atoms with van der Waals surface area (Å²) in [5.74, 6) is 0.00469. The molecule has 0 saturated carbocycles. The standard InChI is InChI=1S/C16H15NO/c1-3-17-13(2)9-10-15(17)11-12-16(18)14-7-5-4-6-8-14/h3-12H,1H2,2H3. The van der Waals surface area contributed by atoms with Crippen LogP contribution in [-0.2, 0) is 0 Å². The highest BCUT2D eigenvalue weighted by atomic mass is 16.1. The maximum Gasteiger partial charge on any atom is 0.185 e. The summed E-state index contributed by atoms with van der Waals surface area (Å²) < 4.78 is 1.94. The molecule has 0 atom stereocenters. The zero-order valence-electron chi connectivity index (χ0n) is 10.3. The highest BCUT2D eigenvalue weighted by molar-refractivity contribution is 6.06. The third-order valence-electron chi connectivity index (χ3n) is 2.80. The number of carbonyl (C=O) groups excluding carboxylic acids is 1. The van der Waals surface area contributed by atoms with Crippen LogP contribution in [0.15, 0.2) is 55.1 Å². The van der Waals surface area contributed by atoms with Crippen molar-refractivity contribution in [3.05, 3.63) is 72.1 Å². The Balaban J connectivity index is 2.21. The Labute approximate surface area is 107 Å². The van der Waals surface area contributed by atoms with Gasteiger partial charge in [-0.15, -0.1) is 0 Å². The fourth-order valence-corrected chi connectivity index (χ4v) is 1.82. The second-order valence-corrected chi connectivity index (χ2v) is 4.02. The molecule has 2 nitrogen and oxygen atoms in total. The van der Waals surface area contributed by atoms with E-state index in [4.69, 9.17) is 0 Å². The van der Waals surface area contributed by atoms with Crippen molar-refractivity contribution < 1.29 is 4.79 Å². The molecule has 0 saturated heterocycles. The lowest BCUT2D eigenvalue weighted by atomic mass is 10.1. The fourth-order valence-electron chi connectivity index (χ4n) is 1.82. The first-order chi connectivity index (χ1) is 8.72. The van der Waals surface area contributed by atoms with Crippen molar-refractivity contribution in [2.45, 2.75) is 6.92 Å². The average Bonchev–Trinajstić information content (AvgIpc) is 2.77. The first-order valence-corrected chi connectivity index (χ1v) is 5.80. The van der Waals surface area contributed by atoms with E-state index in [1.54, 1.807) is 12.3 Å². The van der Waals surface area contributed by atoms with Crippen molar-refractivity contribution >= 4 is 18.1 Å². The number of aromatic nitrogens is 1. The molecule has 90 valence electrons. The lowest BCUT2D eigenvalue weighted by Crippen LogP contribution is -1.94. The van der Waals surface area contributed by atoms with Gasteiger partial charge < -0.3 is 4.57 Å².